The zero-order chi connectivity index (χ0) is 16.7. The number of halogens is 3. The number of hydrogen-bond donors (Lipinski definition) is 0. The van der Waals surface area contributed by atoms with E-state index in [-0.39, 0.29) is 5.75 Å². The second-order valence-corrected chi connectivity index (χ2v) is 6.00. The molecule has 0 saturated heterocycles. The van der Waals surface area contributed by atoms with Crippen molar-refractivity contribution in [1.29, 1.82) is 5.26 Å². The lowest BCUT2D eigenvalue weighted by Crippen LogP contribution is -2.17. The molecule has 2 nitrogen and oxygen atoms in total. The summed E-state index contributed by atoms with van der Waals surface area (Å²) < 4.78 is 40.2. The van der Waals surface area contributed by atoms with Gasteiger partial charge in [0.25, 0.3) is 0 Å². The van der Waals surface area contributed by atoms with Crippen molar-refractivity contribution in [2.45, 2.75) is 44.9 Å². The number of hydrogen-bond acceptors (Lipinski definition) is 2. The molecule has 0 N–H and O–H groups in total. The monoisotopic (exact) mass is 323 g/mol. The van der Waals surface area contributed by atoms with E-state index in [0.717, 1.165) is 44.1 Å². The van der Waals surface area contributed by atoms with E-state index in [1.165, 1.54) is 12.1 Å². The van der Waals surface area contributed by atoms with Crippen molar-refractivity contribution in [2.75, 3.05) is 0 Å². The van der Waals surface area contributed by atoms with Gasteiger partial charge in [0.15, 0.2) is 0 Å². The summed E-state index contributed by atoms with van der Waals surface area (Å²) in [6.45, 7) is 0. The zero-order valence-corrected chi connectivity index (χ0v) is 12.9. The summed E-state index contributed by atoms with van der Waals surface area (Å²) in [6, 6.07) is 8.16. The van der Waals surface area contributed by atoms with E-state index in [1.807, 2.05) is 12.1 Å². The van der Waals surface area contributed by atoms with Crippen molar-refractivity contribution in [3.8, 4) is 11.8 Å². The third-order valence-electron chi connectivity index (χ3n) is 4.33. The van der Waals surface area contributed by atoms with Crippen LogP contribution in [0.5, 0.6) is 5.75 Å². The molecular formula is C18H20F3NO. The first-order valence-electron chi connectivity index (χ1n) is 7.87. The lowest BCUT2D eigenvalue weighted by Gasteiger charge is -2.26. The highest BCUT2D eigenvalue weighted by Crippen LogP contribution is 2.32. The molecule has 0 atom stereocenters. The minimum absolute atomic E-state index is 0.175. The van der Waals surface area contributed by atoms with Gasteiger partial charge in [-0.1, -0.05) is 18.2 Å². The molecule has 1 fully saturated rings. The fourth-order valence-corrected chi connectivity index (χ4v) is 3.08. The number of nitrogens with zero attached hydrogens (tertiary/aromatic N) is 1. The number of aryl methyl sites for hydroxylation is 1. The SMILES string of the molecule is N#CC=C[C@H]1CC[C@H](CCc2ccc(OC(F)(F)F)cc2)CC1. The number of allylic oxidation sites excluding steroid dienone is 2. The van der Waals surface area contributed by atoms with Crippen LogP contribution in [0.2, 0.25) is 0 Å². The van der Waals surface area contributed by atoms with Gasteiger partial charge in [-0.2, -0.15) is 5.26 Å². The highest BCUT2D eigenvalue weighted by Gasteiger charge is 2.30. The van der Waals surface area contributed by atoms with E-state index in [2.05, 4.69) is 4.74 Å². The van der Waals surface area contributed by atoms with Crippen LogP contribution in [-0.2, 0) is 6.42 Å². The summed E-state index contributed by atoms with van der Waals surface area (Å²) in [7, 11) is 0. The predicted molar refractivity (Wildman–Crippen MR) is 81.6 cm³/mol. The smallest absolute Gasteiger partial charge is 0.406 e. The molecule has 1 saturated carbocycles. The average molecular weight is 323 g/mol. The molecule has 0 heterocycles. The molecule has 1 aromatic rings. The normalized spacial score (nSPS) is 22.0. The topological polar surface area (TPSA) is 33.0 Å². The van der Waals surface area contributed by atoms with Crippen LogP contribution in [-0.4, -0.2) is 6.36 Å². The highest BCUT2D eigenvalue weighted by atomic mass is 19.4. The Morgan fingerprint density at radius 3 is 2.35 bits per heavy atom. The van der Waals surface area contributed by atoms with E-state index < -0.39 is 6.36 Å². The first kappa shape index (κ1) is 17.4. The minimum atomic E-state index is -4.64. The average Bonchev–Trinajstić information content (AvgIpc) is 2.52. The van der Waals surface area contributed by atoms with Gasteiger partial charge in [-0.05, 0) is 68.1 Å². The van der Waals surface area contributed by atoms with Gasteiger partial charge in [0, 0.05) is 6.08 Å². The van der Waals surface area contributed by atoms with Crippen LogP contribution in [0.3, 0.4) is 0 Å². The fourth-order valence-electron chi connectivity index (χ4n) is 3.08. The van der Waals surface area contributed by atoms with Crippen LogP contribution in [0.15, 0.2) is 36.4 Å². The number of rotatable bonds is 5. The summed E-state index contributed by atoms with van der Waals surface area (Å²) >= 11 is 0. The second kappa shape index (κ2) is 8.05. The number of alkyl halides is 3. The molecule has 5 heteroatoms. The molecule has 23 heavy (non-hydrogen) atoms. The Morgan fingerprint density at radius 2 is 1.78 bits per heavy atom. The summed E-state index contributed by atoms with van der Waals surface area (Å²) in [4.78, 5) is 0. The molecule has 1 aliphatic rings. The Balaban J connectivity index is 1.74. The van der Waals surface area contributed by atoms with Crippen LogP contribution in [0.1, 0.15) is 37.7 Å². The Kier molecular flexibility index (Phi) is 6.09. The third kappa shape index (κ3) is 6.35. The second-order valence-electron chi connectivity index (χ2n) is 6.00. The summed E-state index contributed by atoms with van der Waals surface area (Å²) in [6.07, 6.45) is 5.36. The minimum Gasteiger partial charge on any atom is -0.406 e. The van der Waals surface area contributed by atoms with E-state index in [9.17, 15) is 13.2 Å². The van der Waals surface area contributed by atoms with E-state index >= 15 is 0 Å². The first-order chi connectivity index (χ1) is 11.0. The van der Waals surface area contributed by atoms with Gasteiger partial charge < -0.3 is 4.74 Å². The van der Waals surface area contributed by atoms with E-state index in [1.54, 1.807) is 18.2 Å². The van der Waals surface area contributed by atoms with Gasteiger partial charge in [0.1, 0.15) is 5.75 Å². The summed E-state index contributed by atoms with van der Waals surface area (Å²) in [5, 5.41) is 8.53. The molecule has 0 radical (unpaired) electrons. The molecule has 0 unspecified atom stereocenters. The van der Waals surface area contributed by atoms with Crippen LogP contribution < -0.4 is 4.74 Å². The zero-order valence-electron chi connectivity index (χ0n) is 12.9. The van der Waals surface area contributed by atoms with Gasteiger partial charge in [-0.15, -0.1) is 13.2 Å². The Hall–Kier alpha value is -1.96. The molecule has 0 amide bonds. The van der Waals surface area contributed by atoms with Crippen molar-refractivity contribution in [3.05, 3.63) is 42.0 Å². The van der Waals surface area contributed by atoms with Gasteiger partial charge in [-0.3, -0.25) is 0 Å². The quantitative estimate of drug-likeness (QED) is 0.679. The predicted octanol–water partition coefficient (Wildman–Crippen LogP) is 5.40. The highest BCUT2D eigenvalue weighted by molar-refractivity contribution is 5.27. The lowest BCUT2D eigenvalue weighted by molar-refractivity contribution is -0.274. The Bertz CT molecular complexity index is 549. The van der Waals surface area contributed by atoms with E-state index in [0.29, 0.717) is 11.8 Å². The van der Waals surface area contributed by atoms with Crippen LogP contribution in [0.4, 0.5) is 13.2 Å². The number of ether oxygens (including phenoxy) is 1. The number of nitriles is 1. The number of benzene rings is 1. The fraction of sp³-hybridized carbons (Fsp3) is 0.500. The molecule has 2 rings (SSSR count). The van der Waals surface area contributed by atoms with Crippen LogP contribution in [0.25, 0.3) is 0 Å². The van der Waals surface area contributed by atoms with Gasteiger partial charge in [0.05, 0.1) is 6.07 Å². The molecule has 124 valence electrons. The maximum absolute atomic E-state index is 12.1. The van der Waals surface area contributed by atoms with Crippen molar-refractivity contribution in [2.24, 2.45) is 11.8 Å². The molecule has 0 spiro atoms. The van der Waals surface area contributed by atoms with Crippen molar-refractivity contribution < 1.29 is 17.9 Å². The standard InChI is InChI=1S/C18H20F3NO/c19-18(20,21)23-17-11-9-16(10-12-17)8-7-15-5-3-14(4-6-15)2-1-13-22/h1-2,9-12,14-15H,3-8H2/t14-,15-. The largest absolute Gasteiger partial charge is 0.573 e. The van der Waals surface area contributed by atoms with Gasteiger partial charge >= 0.3 is 6.36 Å². The molecular weight excluding hydrogens is 303 g/mol. The van der Waals surface area contributed by atoms with Crippen LogP contribution in [0, 0.1) is 23.2 Å². The van der Waals surface area contributed by atoms with Crippen LogP contribution >= 0.6 is 0 Å². The maximum Gasteiger partial charge on any atom is 0.573 e. The van der Waals surface area contributed by atoms with Crippen molar-refractivity contribution in [3.63, 3.8) is 0 Å². The van der Waals surface area contributed by atoms with Gasteiger partial charge in [0.2, 0.25) is 0 Å². The Labute approximate surface area is 134 Å². The molecule has 1 aromatic carbocycles. The molecule has 0 aromatic heterocycles. The lowest BCUT2D eigenvalue weighted by atomic mass is 9.79. The molecule has 1 aliphatic carbocycles. The maximum atomic E-state index is 12.1. The summed E-state index contributed by atoms with van der Waals surface area (Å²) in [5.41, 5.74) is 1.03. The summed E-state index contributed by atoms with van der Waals surface area (Å²) in [5.74, 6) is 1.00. The van der Waals surface area contributed by atoms with E-state index in [4.69, 9.17) is 5.26 Å². The van der Waals surface area contributed by atoms with Crippen molar-refractivity contribution >= 4 is 0 Å². The third-order valence-corrected chi connectivity index (χ3v) is 4.33. The van der Waals surface area contributed by atoms with Crippen molar-refractivity contribution in [1.82, 2.24) is 0 Å². The molecule has 0 bridgehead atoms. The Morgan fingerprint density at radius 1 is 1.13 bits per heavy atom. The molecule has 0 aliphatic heterocycles. The van der Waals surface area contributed by atoms with Gasteiger partial charge in [-0.25, -0.2) is 0 Å². The first-order valence-corrected chi connectivity index (χ1v) is 7.87.